The van der Waals surface area contributed by atoms with Crippen LogP contribution < -0.4 is 0 Å². The van der Waals surface area contributed by atoms with E-state index >= 15 is 0 Å². The summed E-state index contributed by atoms with van der Waals surface area (Å²) in [6.45, 7) is 5.88. The van der Waals surface area contributed by atoms with Crippen LogP contribution in [0.15, 0.2) is 18.2 Å². The molecular formula is C16H24ClNO. The number of rotatable bonds is 1. The molecule has 19 heavy (non-hydrogen) atoms. The first-order valence-corrected chi connectivity index (χ1v) is 7.09. The van der Waals surface area contributed by atoms with Crippen LogP contribution in [0.1, 0.15) is 37.8 Å². The maximum absolute atomic E-state index is 9.80. The SMILES string of the molecule is CCC1C2Cc3ccc(O)cc3C1(C)CCN2C.Cl. The van der Waals surface area contributed by atoms with Crippen molar-refractivity contribution in [2.45, 2.75) is 44.6 Å². The second-order valence-electron chi connectivity index (χ2n) is 6.28. The molecule has 3 unspecified atom stereocenters. The minimum atomic E-state index is 0. The molecule has 2 nitrogen and oxygen atoms in total. The second-order valence-corrected chi connectivity index (χ2v) is 6.28. The third kappa shape index (κ3) is 2.05. The third-order valence-electron chi connectivity index (χ3n) is 5.41. The Labute approximate surface area is 122 Å². The number of likely N-dealkylation sites (tertiary alicyclic amines) is 1. The average Bonchev–Trinajstić information content (AvgIpc) is 2.35. The van der Waals surface area contributed by atoms with Gasteiger partial charge in [-0.3, -0.25) is 0 Å². The molecule has 1 aliphatic carbocycles. The molecule has 3 atom stereocenters. The summed E-state index contributed by atoms with van der Waals surface area (Å²) in [6, 6.07) is 6.65. The highest BCUT2D eigenvalue weighted by atomic mass is 35.5. The van der Waals surface area contributed by atoms with Gasteiger partial charge in [0.2, 0.25) is 0 Å². The van der Waals surface area contributed by atoms with E-state index in [9.17, 15) is 5.11 Å². The summed E-state index contributed by atoms with van der Waals surface area (Å²) in [5.74, 6) is 1.13. The maximum atomic E-state index is 9.80. The van der Waals surface area contributed by atoms with Gasteiger partial charge in [0.15, 0.2) is 0 Å². The van der Waals surface area contributed by atoms with E-state index in [0.717, 1.165) is 6.42 Å². The summed E-state index contributed by atoms with van der Waals surface area (Å²) in [5, 5.41) is 9.80. The first kappa shape index (κ1) is 14.7. The Bertz CT molecular complexity index is 476. The quantitative estimate of drug-likeness (QED) is 0.853. The van der Waals surface area contributed by atoms with Gasteiger partial charge in [-0.2, -0.15) is 0 Å². The fourth-order valence-electron chi connectivity index (χ4n) is 4.35. The molecule has 1 aliphatic heterocycles. The lowest BCUT2D eigenvalue weighted by Crippen LogP contribution is -2.57. The Kier molecular flexibility index (Phi) is 3.85. The lowest BCUT2D eigenvalue weighted by Gasteiger charge is -2.54. The second kappa shape index (κ2) is 4.99. The zero-order valence-electron chi connectivity index (χ0n) is 12.0. The Morgan fingerprint density at radius 3 is 2.84 bits per heavy atom. The number of hydrogen-bond acceptors (Lipinski definition) is 2. The molecule has 0 aromatic heterocycles. The van der Waals surface area contributed by atoms with Crippen molar-refractivity contribution in [3.8, 4) is 5.75 Å². The van der Waals surface area contributed by atoms with Crippen LogP contribution in [0.5, 0.6) is 5.75 Å². The van der Waals surface area contributed by atoms with Crippen LogP contribution in [-0.2, 0) is 11.8 Å². The summed E-state index contributed by atoms with van der Waals surface area (Å²) in [4.78, 5) is 2.53. The van der Waals surface area contributed by atoms with Crippen molar-refractivity contribution < 1.29 is 5.11 Å². The largest absolute Gasteiger partial charge is 0.508 e. The average molecular weight is 282 g/mol. The molecule has 3 rings (SSSR count). The van der Waals surface area contributed by atoms with Crippen molar-refractivity contribution in [2.24, 2.45) is 5.92 Å². The van der Waals surface area contributed by atoms with Gasteiger partial charge in [0.05, 0.1) is 0 Å². The van der Waals surface area contributed by atoms with Crippen molar-refractivity contribution in [3.63, 3.8) is 0 Å². The highest BCUT2D eigenvalue weighted by Gasteiger charge is 2.48. The van der Waals surface area contributed by atoms with Gasteiger partial charge in [0, 0.05) is 6.04 Å². The van der Waals surface area contributed by atoms with Crippen LogP contribution in [0.2, 0.25) is 0 Å². The molecule has 1 aromatic rings. The first-order valence-electron chi connectivity index (χ1n) is 7.09. The number of fused-ring (bicyclic) bond motifs is 4. The lowest BCUT2D eigenvalue weighted by molar-refractivity contribution is 0.0376. The summed E-state index contributed by atoms with van der Waals surface area (Å²) in [6.07, 6.45) is 3.57. The Balaban J connectivity index is 0.00000133. The van der Waals surface area contributed by atoms with Gasteiger partial charge in [0.25, 0.3) is 0 Å². The topological polar surface area (TPSA) is 23.5 Å². The summed E-state index contributed by atoms with van der Waals surface area (Å²) in [7, 11) is 2.26. The first-order chi connectivity index (χ1) is 8.56. The van der Waals surface area contributed by atoms with E-state index in [1.165, 1.54) is 30.5 Å². The predicted octanol–water partition coefficient (Wildman–Crippen LogP) is 3.36. The number of phenolic OH excluding ortho intramolecular Hbond substituents is 1. The van der Waals surface area contributed by atoms with Gasteiger partial charge in [-0.1, -0.05) is 26.3 Å². The van der Waals surface area contributed by atoms with E-state index in [2.05, 4.69) is 31.9 Å². The molecular weight excluding hydrogens is 258 g/mol. The predicted molar refractivity (Wildman–Crippen MR) is 81.2 cm³/mol. The number of aromatic hydroxyl groups is 1. The van der Waals surface area contributed by atoms with Crippen molar-refractivity contribution in [1.82, 2.24) is 4.90 Å². The Morgan fingerprint density at radius 2 is 2.16 bits per heavy atom. The minimum Gasteiger partial charge on any atom is -0.508 e. The normalized spacial score (nSPS) is 33.4. The van der Waals surface area contributed by atoms with Crippen LogP contribution in [0.3, 0.4) is 0 Å². The van der Waals surface area contributed by atoms with Crippen molar-refractivity contribution in [1.29, 1.82) is 0 Å². The van der Waals surface area contributed by atoms with Gasteiger partial charge < -0.3 is 10.0 Å². The summed E-state index contributed by atoms with van der Waals surface area (Å²) >= 11 is 0. The molecule has 0 saturated carbocycles. The standard InChI is InChI=1S/C16H23NO.ClH/c1-4-13-15-9-11-5-6-12(18)10-14(11)16(13,2)7-8-17(15)3;/h5-6,10,13,15,18H,4,7-9H2,1-3H3;1H. The monoisotopic (exact) mass is 281 g/mol. The number of phenols is 1. The number of halogens is 1. The van der Waals surface area contributed by atoms with Crippen molar-refractivity contribution in [3.05, 3.63) is 29.3 Å². The van der Waals surface area contributed by atoms with E-state index in [4.69, 9.17) is 0 Å². The highest BCUT2D eigenvalue weighted by molar-refractivity contribution is 5.85. The molecule has 0 spiro atoms. The molecule has 1 heterocycles. The van der Waals surface area contributed by atoms with E-state index in [1.807, 2.05) is 12.1 Å². The van der Waals surface area contributed by atoms with Crippen LogP contribution >= 0.6 is 12.4 Å². The molecule has 3 heteroatoms. The highest BCUT2D eigenvalue weighted by Crippen LogP contribution is 2.50. The molecule has 1 N–H and O–H groups in total. The number of piperidine rings is 1. The summed E-state index contributed by atoms with van der Waals surface area (Å²) in [5.41, 5.74) is 3.09. The fraction of sp³-hybridized carbons (Fsp3) is 0.625. The van der Waals surface area contributed by atoms with Crippen LogP contribution in [0, 0.1) is 5.92 Å². The molecule has 1 aromatic carbocycles. The van der Waals surface area contributed by atoms with E-state index < -0.39 is 0 Å². The van der Waals surface area contributed by atoms with E-state index in [0.29, 0.717) is 17.7 Å². The zero-order valence-corrected chi connectivity index (χ0v) is 12.8. The molecule has 1 saturated heterocycles. The minimum absolute atomic E-state index is 0. The smallest absolute Gasteiger partial charge is 0.115 e. The van der Waals surface area contributed by atoms with Crippen molar-refractivity contribution in [2.75, 3.05) is 13.6 Å². The van der Waals surface area contributed by atoms with Crippen LogP contribution in [0.4, 0.5) is 0 Å². The molecule has 2 aliphatic rings. The number of hydrogen-bond donors (Lipinski definition) is 1. The van der Waals surface area contributed by atoms with E-state index in [1.54, 1.807) is 0 Å². The molecule has 2 bridgehead atoms. The molecule has 0 radical (unpaired) electrons. The Hall–Kier alpha value is -0.730. The Morgan fingerprint density at radius 1 is 1.42 bits per heavy atom. The lowest BCUT2D eigenvalue weighted by atomic mass is 9.57. The zero-order chi connectivity index (χ0) is 12.9. The van der Waals surface area contributed by atoms with Crippen LogP contribution in [0.25, 0.3) is 0 Å². The third-order valence-corrected chi connectivity index (χ3v) is 5.41. The number of likely N-dealkylation sites (N-methyl/N-ethyl adjacent to an activating group) is 1. The van der Waals surface area contributed by atoms with E-state index in [-0.39, 0.29) is 17.8 Å². The fourth-order valence-corrected chi connectivity index (χ4v) is 4.35. The maximum Gasteiger partial charge on any atom is 0.115 e. The van der Waals surface area contributed by atoms with Crippen LogP contribution in [-0.4, -0.2) is 29.6 Å². The van der Waals surface area contributed by atoms with Crippen molar-refractivity contribution >= 4 is 12.4 Å². The van der Waals surface area contributed by atoms with Gasteiger partial charge in [-0.05, 0) is 61.0 Å². The molecule has 0 amide bonds. The summed E-state index contributed by atoms with van der Waals surface area (Å²) < 4.78 is 0. The van der Waals surface area contributed by atoms with Gasteiger partial charge in [-0.15, -0.1) is 12.4 Å². The molecule has 106 valence electrons. The molecule has 1 fully saturated rings. The number of nitrogens with zero attached hydrogens (tertiary/aromatic N) is 1. The van der Waals surface area contributed by atoms with Gasteiger partial charge in [0.1, 0.15) is 5.75 Å². The van der Waals surface area contributed by atoms with Gasteiger partial charge >= 0.3 is 0 Å². The van der Waals surface area contributed by atoms with Gasteiger partial charge in [-0.25, -0.2) is 0 Å². The number of benzene rings is 1.